The largest absolute Gasteiger partial charge is 0.352 e. The molecule has 1 amide bonds. The molecule has 0 unspecified atom stereocenters. The number of carbonyl (C=O) groups excluding carboxylic acids is 1. The summed E-state index contributed by atoms with van der Waals surface area (Å²) >= 11 is 1.83. The molecular formula is C15H23ClN2OS. The summed E-state index contributed by atoms with van der Waals surface area (Å²) < 4.78 is 0. The summed E-state index contributed by atoms with van der Waals surface area (Å²) in [4.78, 5) is 14.5. The number of aryl methyl sites for hydroxylation is 2. The molecule has 0 bridgehead atoms. The molecule has 2 rings (SSSR count). The van der Waals surface area contributed by atoms with Crippen LogP contribution in [0, 0.1) is 6.92 Å². The second kappa shape index (κ2) is 9.16. The van der Waals surface area contributed by atoms with Crippen molar-refractivity contribution in [2.45, 2.75) is 32.6 Å². The van der Waals surface area contributed by atoms with Crippen molar-refractivity contribution in [3.05, 3.63) is 33.5 Å². The fraction of sp³-hybridized carbons (Fsp3) is 0.533. The Morgan fingerprint density at radius 3 is 2.95 bits per heavy atom. The van der Waals surface area contributed by atoms with Gasteiger partial charge < -0.3 is 10.6 Å². The minimum absolute atomic E-state index is 0. The first-order chi connectivity index (χ1) is 9.24. The predicted octanol–water partition coefficient (Wildman–Crippen LogP) is 2.84. The molecule has 2 N–H and O–H groups in total. The van der Waals surface area contributed by atoms with E-state index >= 15 is 0 Å². The van der Waals surface area contributed by atoms with Crippen LogP contribution in [0.25, 0.3) is 0 Å². The van der Waals surface area contributed by atoms with E-state index in [9.17, 15) is 4.79 Å². The minimum atomic E-state index is 0. The third-order valence-electron chi connectivity index (χ3n) is 3.29. The van der Waals surface area contributed by atoms with Crippen molar-refractivity contribution in [1.29, 1.82) is 0 Å². The maximum atomic E-state index is 11.7. The van der Waals surface area contributed by atoms with Crippen molar-refractivity contribution in [1.82, 2.24) is 10.6 Å². The summed E-state index contributed by atoms with van der Waals surface area (Å²) in [5.41, 5.74) is 1.35. The lowest BCUT2D eigenvalue weighted by Gasteiger charge is -2.14. The highest BCUT2D eigenvalue weighted by molar-refractivity contribution is 7.11. The first-order valence-electron chi connectivity index (χ1n) is 6.94. The second-order valence-corrected chi connectivity index (χ2v) is 6.33. The van der Waals surface area contributed by atoms with Crippen LogP contribution in [0.3, 0.4) is 0 Å². The summed E-state index contributed by atoms with van der Waals surface area (Å²) in [6, 6.07) is 4.31. The zero-order valence-corrected chi connectivity index (χ0v) is 13.5. The molecule has 0 aliphatic carbocycles. The van der Waals surface area contributed by atoms with E-state index in [1.165, 1.54) is 15.3 Å². The van der Waals surface area contributed by atoms with Crippen LogP contribution in [-0.2, 0) is 11.2 Å². The average molecular weight is 315 g/mol. The lowest BCUT2D eigenvalue weighted by Crippen LogP contribution is -2.29. The average Bonchev–Trinajstić information content (AvgIpc) is 2.83. The highest BCUT2D eigenvalue weighted by atomic mass is 35.5. The van der Waals surface area contributed by atoms with Crippen molar-refractivity contribution in [2.24, 2.45) is 0 Å². The number of halogens is 1. The highest BCUT2D eigenvalue weighted by Gasteiger charge is 2.06. The van der Waals surface area contributed by atoms with E-state index in [1.807, 2.05) is 11.3 Å². The summed E-state index contributed by atoms with van der Waals surface area (Å²) in [6.45, 7) is 4.80. The Bertz CT molecular complexity index is 456. The Hall–Kier alpha value is -0.840. The van der Waals surface area contributed by atoms with Gasteiger partial charge in [0.2, 0.25) is 5.91 Å². The van der Waals surface area contributed by atoms with Gasteiger partial charge in [-0.15, -0.1) is 23.7 Å². The molecule has 2 heterocycles. The van der Waals surface area contributed by atoms with Gasteiger partial charge in [-0.2, -0.15) is 0 Å². The minimum Gasteiger partial charge on any atom is -0.352 e. The molecule has 0 radical (unpaired) electrons. The van der Waals surface area contributed by atoms with Crippen LogP contribution < -0.4 is 10.6 Å². The van der Waals surface area contributed by atoms with E-state index in [0.717, 1.165) is 38.9 Å². The Morgan fingerprint density at radius 1 is 1.45 bits per heavy atom. The number of hydrogen-bond donors (Lipinski definition) is 2. The van der Waals surface area contributed by atoms with Crippen LogP contribution in [0.1, 0.15) is 29.0 Å². The van der Waals surface area contributed by atoms with Gasteiger partial charge in [0.15, 0.2) is 0 Å². The lowest BCUT2D eigenvalue weighted by atomic mass is 10.1. The van der Waals surface area contributed by atoms with E-state index in [-0.39, 0.29) is 18.3 Å². The maximum Gasteiger partial charge on any atom is 0.220 e. The van der Waals surface area contributed by atoms with E-state index in [0.29, 0.717) is 6.42 Å². The molecular weight excluding hydrogens is 292 g/mol. The summed E-state index contributed by atoms with van der Waals surface area (Å²) in [5, 5.41) is 6.28. The third kappa shape index (κ3) is 6.07. The number of carbonyl (C=O) groups is 1. The molecule has 20 heavy (non-hydrogen) atoms. The van der Waals surface area contributed by atoms with E-state index in [1.54, 1.807) is 0 Å². The van der Waals surface area contributed by atoms with Crippen molar-refractivity contribution < 1.29 is 4.79 Å². The van der Waals surface area contributed by atoms with Crippen LogP contribution >= 0.6 is 23.7 Å². The van der Waals surface area contributed by atoms with Crippen molar-refractivity contribution >= 4 is 29.7 Å². The van der Waals surface area contributed by atoms with Gasteiger partial charge in [0, 0.05) is 29.3 Å². The number of rotatable bonds is 6. The molecule has 112 valence electrons. The molecule has 5 heteroatoms. The molecule has 1 aromatic rings. The molecule has 3 nitrogen and oxygen atoms in total. The topological polar surface area (TPSA) is 41.1 Å². The molecule has 0 saturated carbocycles. The molecule has 1 aliphatic heterocycles. The molecule has 0 saturated heterocycles. The molecule has 0 spiro atoms. The van der Waals surface area contributed by atoms with Crippen molar-refractivity contribution in [3.63, 3.8) is 0 Å². The van der Waals surface area contributed by atoms with Gasteiger partial charge in [0.25, 0.3) is 0 Å². The first-order valence-corrected chi connectivity index (χ1v) is 7.76. The van der Waals surface area contributed by atoms with Crippen molar-refractivity contribution in [3.8, 4) is 0 Å². The van der Waals surface area contributed by atoms with Crippen LogP contribution in [0.4, 0.5) is 0 Å². The molecule has 1 aromatic heterocycles. The van der Waals surface area contributed by atoms with Crippen LogP contribution in [-0.4, -0.2) is 25.5 Å². The third-order valence-corrected chi connectivity index (χ3v) is 4.35. The summed E-state index contributed by atoms with van der Waals surface area (Å²) in [7, 11) is 0. The van der Waals surface area contributed by atoms with Gasteiger partial charge in [0.1, 0.15) is 0 Å². The van der Waals surface area contributed by atoms with Crippen LogP contribution in [0.5, 0.6) is 0 Å². The highest BCUT2D eigenvalue weighted by Crippen LogP contribution is 2.17. The van der Waals surface area contributed by atoms with E-state index in [4.69, 9.17) is 0 Å². The van der Waals surface area contributed by atoms with Gasteiger partial charge in [-0.3, -0.25) is 4.79 Å². The monoisotopic (exact) mass is 314 g/mol. The van der Waals surface area contributed by atoms with Gasteiger partial charge in [-0.25, -0.2) is 0 Å². The predicted molar refractivity (Wildman–Crippen MR) is 87.8 cm³/mol. The fourth-order valence-electron chi connectivity index (χ4n) is 2.17. The quantitative estimate of drug-likeness (QED) is 0.793. The Balaban J connectivity index is 0.00000200. The molecule has 0 aromatic carbocycles. The maximum absolute atomic E-state index is 11.7. The molecule has 1 aliphatic rings. The second-order valence-electron chi connectivity index (χ2n) is 4.96. The fourth-order valence-corrected chi connectivity index (χ4v) is 3.11. The molecule has 0 fully saturated rings. The van der Waals surface area contributed by atoms with Crippen LogP contribution in [0.2, 0.25) is 0 Å². The van der Waals surface area contributed by atoms with Gasteiger partial charge in [0.05, 0.1) is 0 Å². The van der Waals surface area contributed by atoms with Gasteiger partial charge >= 0.3 is 0 Å². The van der Waals surface area contributed by atoms with E-state index < -0.39 is 0 Å². The van der Waals surface area contributed by atoms with Crippen molar-refractivity contribution in [2.75, 3.05) is 19.6 Å². The number of amides is 1. The zero-order valence-electron chi connectivity index (χ0n) is 11.9. The molecule has 0 atom stereocenters. The number of thiophene rings is 1. The Morgan fingerprint density at radius 2 is 2.30 bits per heavy atom. The zero-order chi connectivity index (χ0) is 13.5. The SMILES string of the molecule is Cc1ccc(CCCC(=O)NCC2=CCNCC2)s1.Cl. The number of nitrogens with one attached hydrogen (secondary N) is 2. The standard InChI is InChI=1S/C15H22N2OS.ClH/c1-12-5-6-14(19-12)3-2-4-15(18)17-11-13-7-9-16-10-8-13;/h5-7,16H,2-4,8-11H2,1H3,(H,17,18);1H. The Labute approximate surface area is 131 Å². The smallest absolute Gasteiger partial charge is 0.220 e. The first kappa shape index (κ1) is 17.2. The lowest BCUT2D eigenvalue weighted by molar-refractivity contribution is -0.121. The van der Waals surface area contributed by atoms with Crippen LogP contribution in [0.15, 0.2) is 23.8 Å². The summed E-state index contributed by atoms with van der Waals surface area (Å²) in [6.07, 6.45) is 5.81. The normalized spacial score (nSPS) is 14.3. The summed E-state index contributed by atoms with van der Waals surface area (Å²) in [5.74, 6) is 0.174. The Kier molecular flexibility index (Phi) is 7.88. The van der Waals surface area contributed by atoms with Gasteiger partial charge in [-0.05, 0) is 44.9 Å². The van der Waals surface area contributed by atoms with E-state index in [2.05, 4.69) is 35.8 Å². The number of hydrogen-bond acceptors (Lipinski definition) is 3. The van der Waals surface area contributed by atoms with Gasteiger partial charge in [-0.1, -0.05) is 11.6 Å².